The standard InChI is InChI=1S/C18H20FN3O2/c1-24-18-9-5-4-8-17(18)22(14-23)21-12-10-20(11-13-21)16-7-3-2-6-15(16)19/h2-9,14H,10-13H2,1H3. The van der Waals surface area contributed by atoms with Crippen molar-refractivity contribution in [1.29, 1.82) is 0 Å². The number of piperazine rings is 1. The van der Waals surface area contributed by atoms with Crippen LogP contribution in [0.4, 0.5) is 15.8 Å². The number of para-hydroxylation sites is 3. The molecule has 3 rings (SSSR count). The molecule has 0 bridgehead atoms. The highest BCUT2D eigenvalue weighted by Crippen LogP contribution is 2.29. The highest BCUT2D eigenvalue weighted by Gasteiger charge is 2.25. The van der Waals surface area contributed by atoms with E-state index < -0.39 is 0 Å². The van der Waals surface area contributed by atoms with Gasteiger partial charge in [0.15, 0.2) is 0 Å². The monoisotopic (exact) mass is 329 g/mol. The first-order chi connectivity index (χ1) is 11.7. The Hall–Kier alpha value is -2.60. The number of anilines is 2. The number of ether oxygens (including phenoxy) is 1. The van der Waals surface area contributed by atoms with Crippen LogP contribution in [0.25, 0.3) is 0 Å². The average molecular weight is 329 g/mol. The van der Waals surface area contributed by atoms with Crippen molar-refractivity contribution in [2.45, 2.75) is 0 Å². The first kappa shape index (κ1) is 16.3. The lowest BCUT2D eigenvalue weighted by Gasteiger charge is -2.40. The van der Waals surface area contributed by atoms with Crippen LogP contribution in [-0.2, 0) is 4.79 Å². The number of nitrogens with zero attached hydrogens (tertiary/aromatic N) is 3. The minimum Gasteiger partial charge on any atom is -0.495 e. The zero-order valence-corrected chi connectivity index (χ0v) is 13.6. The molecular weight excluding hydrogens is 309 g/mol. The second kappa shape index (κ2) is 7.31. The molecule has 0 saturated carbocycles. The van der Waals surface area contributed by atoms with Crippen molar-refractivity contribution >= 4 is 17.8 Å². The number of halogens is 1. The molecular formula is C18H20FN3O2. The van der Waals surface area contributed by atoms with Crippen molar-refractivity contribution in [3.8, 4) is 5.75 Å². The number of benzene rings is 2. The molecule has 2 aromatic carbocycles. The Kier molecular flexibility index (Phi) is 4.96. The molecule has 0 N–H and O–H groups in total. The molecule has 5 nitrogen and oxygen atoms in total. The minimum atomic E-state index is -0.220. The zero-order chi connectivity index (χ0) is 16.9. The van der Waals surface area contributed by atoms with E-state index in [0.29, 0.717) is 43.3 Å². The Bertz CT molecular complexity index is 702. The number of hydrazine groups is 1. The van der Waals surface area contributed by atoms with Crippen molar-refractivity contribution in [2.24, 2.45) is 0 Å². The van der Waals surface area contributed by atoms with Gasteiger partial charge in [0, 0.05) is 26.2 Å². The van der Waals surface area contributed by atoms with E-state index in [2.05, 4.69) is 0 Å². The van der Waals surface area contributed by atoms with E-state index in [1.807, 2.05) is 40.2 Å². The Morgan fingerprint density at radius 2 is 1.71 bits per heavy atom. The van der Waals surface area contributed by atoms with Crippen molar-refractivity contribution in [3.05, 3.63) is 54.3 Å². The smallest absolute Gasteiger partial charge is 0.228 e. The number of hydrogen-bond acceptors (Lipinski definition) is 4. The van der Waals surface area contributed by atoms with E-state index in [1.165, 1.54) is 6.07 Å². The summed E-state index contributed by atoms with van der Waals surface area (Å²) in [6.07, 6.45) is 0.788. The Morgan fingerprint density at radius 3 is 2.38 bits per heavy atom. The SMILES string of the molecule is COc1ccccc1N(C=O)N1CCN(c2ccccc2F)CC1. The van der Waals surface area contributed by atoms with Gasteiger partial charge in [-0.25, -0.2) is 14.4 Å². The van der Waals surface area contributed by atoms with Gasteiger partial charge in [-0.1, -0.05) is 24.3 Å². The highest BCUT2D eigenvalue weighted by molar-refractivity contribution is 5.77. The second-order valence-electron chi connectivity index (χ2n) is 5.51. The third-order valence-electron chi connectivity index (χ3n) is 4.19. The molecule has 0 aromatic heterocycles. The Balaban J connectivity index is 1.73. The molecule has 1 saturated heterocycles. The third kappa shape index (κ3) is 3.19. The largest absolute Gasteiger partial charge is 0.495 e. The lowest BCUT2D eigenvalue weighted by molar-refractivity contribution is -0.110. The van der Waals surface area contributed by atoms with Gasteiger partial charge in [-0.3, -0.25) is 4.79 Å². The van der Waals surface area contributed by atoms with Crippen LogP contribution in [0.3, 0.4) is 0 Å². The Labute approximate surface area is 140 Å². The topological polar surface area (TPSA) is 36.0 Å². The summed E-state index contributed by atoms with van der Waals surface area (Å²) >= 11 is 0. The summed E-state index contributed by atoms with van der Waals surface area (Å²) in [4.78, 5) is 13.6. The molecule has 1 aliphatic rings. The van der Waals surface area contributed by atoms with Gasteiger partial charge in [0.25, 0.3) is 0 Å². The lowest BCUT2D eigenvalue weighted by atomic mass is 10.2. The van der Waals surface area contributed by atoms with Crippen LogP contribution in [0, 0.1) is 5.82 Å². The van der Waals surface area contributed by atoms with E-state index >= 15 is 0 Å². The summed E-state index contributed by atoms with van der Waals surface area (Å²) in [5, 5.41) is 3.51. The number of methoxy groups -OCH3 is 1. The normalized spacial score (nSPS) is 15.2. The average Bonchev–Trinajstić information content (AvgIpc) is 2.64. The zero-order valence-electron chi connectivity index (χ0n) is 13.6. The van der Waals surface area contributed by atoms with Gasteiger partial charge < -0.3 is 9.64 Å². The maximum atomic E-state index is 13.9. The molecule has 0 aliphatic carbocycles. The molecule has 126 valence electrons. The van der Waals surface area contributed by atoms with Crippen LogP contribution in [0.2, 0.25) is 0 Å². The van der Waals surface area contributed by atoms with E-state index in [-0.39, 0.29) is 5.82 Å². The predicted molar refractivity (Wildman–Crippen MR) is 91.7 cm³/mol. The van der Waals surface area contributed by atoms with Crippen LogP contribution in [0.15, 0.2) is 48.5 Å². The van der Waals surface area contributed by atoms with Gasteiger partial charge in [0.05, 0.1) is 12.8 Å². The summed E-state index contributed by atoms with van der Waals surface area (Å²) in [7, 11) is 1.58. The summed E-state index contributed by atoms with van der Waals surface area (Å²) in [6, 6.07) is 14.2. The van der Waals surface area contributed by atoms with E-state index in [4.69, 9.17) is 4.74 Å². The van der Waals surface area contributed by atoms with Gasteiger partial charge in [-0.05, 0) is 24.3 Å². The summed E-state index contributed by atoms with van der Waals surface area (Å²) in [5.41, 5.74) is 1.31. The van der Waals surface area contributed by atoms with Gasteiger partial charge >= 0.3 is 0 Å². The molecule has 1 aliphatic heterocycles. The highest BCUT2D eigenvalue weighted by atomic mass is 19.1. The number of carbonyl (C=O) groups excluding carboxylic acids is 1. The molecule has 6 heteroatoms. The first-order valence-electron chi connectivity index (χ1n) is 7.86. The van der Waals surface area contributed by atoms with Crippen molar-refractivity contribution in [3.63, 3.8) is 0 Å². The molecule has 0 radical (unpaired) electrons. The number of amides is 1. The van der Waals surface area contributed by atoms with Gasteiger partial charge in [-0.2, -0.15) is 0 Å². The van der Waals surface area contributed by atoms with Crippen molar-refractivity contribution < 1.29 is 13.9 Å². The van der Waals surface area contributed by atoms with Gasteiger partial charge in [0.1, 0.15) is 17.3 Å². The second-order valence-corrected chi connectivity index (χ2v) is 5.51. The summed E-state index contributed by atoms with van der Waals surface area (Å²) in [6.45, 7) is 2.51. The first-order valence-corrected chi connectivity index (χ1v) is 7.86. The number of hydrogen-bond donors (Lipinski definition) is 0. The molecule has 1 amide bonds. The summed E-state index contributed by atoms with van der Waals surface area (Å²) in [5.74, 6) is 0.420. The molecule has 0 spiro atoms. The maximum Gasteiger partial charge on any atom is 0.228 e. The van der Waals surface area contributed by atoms with Crippen LogP contribution in [0.5, 0.6) is 5.75 Å². The quantitative estimate of drug-likeness (QED) is 0.790. The molecule has 1 fully saturated rings. The molecule has 1 heterocycles. The van der Waals surface area contributed by atoms with Crippen molar-refractivity contribution in [1.82, 2.24) is 5.01 Å². The molecule has 24 heavy (non-hydrogen) atoms. The summed E-state index contributed by atoms with van der Waals surface area (Å²) < 4.78 is 19.3. The molecule has 2 aromatic rings. The van der Waals surface area contributed by atoms with Gasteiger partial charge in [-0.15, -0.1) is 0 Å². The van der Waals surface area contributed by atoms with E-state index in [1.54, 1.807) is 24.3 Å². The number of rotatable bonds is 5. The molecule has 0 unspecified atom stereocenters. The fourth-order valence-electron chi connectivity index (χ4n) is 2.96. The lowest BCUT2D eigenvalue weighted by Crippen LogP contribution is -2.54. The number of carbonyl (C=O) groups is 1. The van der Waals surface area contributed by atoms with Gasteiger partial charge in [0.2, 0.25) is 6.41 Å². The van der Waals surface area contributed by atoms with E-state index in [0.717, 1.165) is 6.41 Å². The van der Waals surface area contributed by atoms with E-state index in [9.17, 15) is 9.18 Å². The van der Waals surface area contributed by atoms with Crippen LogP contribution < -0.4 is 14.6 Å². The fourth-order valence-corrected chi connectivity index (χ4v) is 2.96. The maximum absolute atomic E-state index is 13.9. The third-order valence-corrected chi connectivity index (χ3v) is 4.19. The Morgan fingerprint density at radius 1 is 1.04 bits per heavy atom. The van der Waals surface area contributed by atoms with Crippen molar-refractivity contribution in [2.75, 3.05) is 43.2 Å². The predicted octanol–water partition coefficient (Wildman–Crippen LogP) is 2.53. The van der Waals surface area contributed by atoms with Crippen LogP contribution in [-0.4, -0.2) is 44.7 Å². The van der Waals surface area contributed by atoms with Crippen LogP contribution in [0.1, 0.15) is 0 Å². The fraction of sp³-hybridized carbons (Fsp3) is 0.278. The minimum absolute atomic E-state index is 0.220. The molecule has 0 atom stereocenters. The van der Waals surface area contributed by atoms with Crippen LogP contribution >= 0.6 is 0 Å².